The number of amides is 2. The molecule has 0 spiro atoms. The highest BCUT2D eigenvalue weighted by Crippen LogP contribution is 2.39. The number of benzene rings is 1. The smallest absolute Gasteiger partial charge is 0.229 e. The summed E-state index contributed by atoms with van der Waals surface area (Å²) in [6.45, 7) is -0.0393. The van der Waals surface area contributed by atoms with Crippen molar-refractivity contribution in [1.29, 1.82) is 0 Å². The molecule has 1 saturated carbocycles. The van der Waals surface area contributed by atoms with Crippen LogP contribution in [0.3, 0.4) is 0 Å². The molecule has 1 aromatic heterocycles. The Bertz CT molecular complexity index is 810. The molecule has 2 aromatic rings. The Morgan fingerprint density at radius 2 is 2.04 bits per heavy atom. The lowest BCUT2D eigenvalue weighted by atomic mass is 10.1. The van der Waals surface area contributed by atoms with Crippen LogP contribution in [0.2, 0.25) is 0 Å². The minimum Gasteiger partial charge on any atom is -0.394 e. The molecule has 1 saturated heterocycles. The molecule has 0 radical (unpaired) electrons. The molecule has 3 N–H and O–H groups in total. The number of anilines is 2. The van der Waals surface area contributed by atoms with Gasteiger partial charge in [0.05, 0.1) is 19.1 Å². The van der Waals surface area contributed by atoms with E-state index in [9.17, 15) is 14.7 Å². The van der Waals surface area contributed by atoms with Gasteiger partial charge in [-0.15, -0.1) is 0 Å². The van der Waals surface area contributed by atoms with Gasteiger partial charge in [-0.05, 0) is 37.0 Å². The average molecular weight is 354 g/mol. The zero-order valence-corrected chi connectivity index (χ0v) is 14.4. The highest BCUT2D eigenvalue weighted by molar-refractivity contribution is 5.96. The quantitative estimate of drug-likeness (QED) is 0.738. The summed E-state index contributed by atoms with van der Waals surface area (Å²) in [6, 6.07) is 9.08. The maximum atomic E-state index is 12.2. The van der Waals surface area contributed by atoms with Crippen LogP contribution in [-0.4, -0.2) is 39.8 Å². The first-order valence-electron chi connectivity index (χ1n) is 9.01. The maximum absolute atomic E-state index is 12.2. The van der Waals surface area contributed by atoms with Gasteiger partial charge in [-0.25, -0.2) is 0 Å². The van der Waals surface area contributed by atoms with Crippen LogP contribution >= 0.6 is 0 Å². The zero-order chi connectivity index (χ0) is 18.1. The normalized spacial score (nSPS) is 19.8. The van der Waals surface area contributed by atoms with E-state index in [1.54, 1.807) is 4.90 Å². The predicted molar refractivity (Wildman–Crippen MR) is 96.9 cm³/mol. The molecule has 1 aliphatic heterocycles. The first kappa shape index (κ1) is 16.8. The second-order valence-electron chi connectivity index (χ2n) is 7.01. The molecule has 2 amide bonds. The van der Waals surface area contributed by atoms with Crippen LogP contribution in [0.25, 0.3) is 0 Å². The Balaban J connectivity index is 1.37. The minimum atomic E-state index is -0.156. The molecular weight excluding hydrogens is 332 g/mol. The lowest BCUT2D eigenvalue weighted by molar-refractivity contribution is -0.117. The molecule has 7 heteroatoms. The Hall–Kier alpha value is -2.67. The van der Waals surface area contributed by atoms with Crippen molar-refractivity contribution >= 4 is 23.3 Å². The molecule has 26 heavy (non-hydrogen) atoms. The van der Waals surface area contributed by atoms with Crippen molar-refractivity contribution in [3.63, 3.8) is 0 Å². The van der Waals surface area contributed by atoms with Gasteiger partial charge in [-0.2, -0.15) is 5.10 Å². The highest BCUT2D eigenvalue weighted by atomic mass is 16.3. The van der Waals surface area contributed by atoms with E-state index in [2.05, 4.69) is 15.5 Å². The molecule has 0 bridgehead atoms. The third-order valence-corrected chi connectivity index (χ3v) is 5.00. The SMILES string of the molecule is O=C(Cc1ccc(N2C(=O)CCC2CO)cc1)Nc1cc(C2CC2)[nH]n1. The zero-order valence-electron chi connectivity index (χ0n) is 14.4. The molecule has 2 fully saturated rings. The second-order valence-corrected chi connectivity index (χ2v) is 7.01. The van der Waals surface area contributed by atoms with E-state index < -0.39 is 0 Å². The van der Waals surface area contributed by atoms with E-state index in [-0.39, 0.29) is 30.9 Å². The maximum Gasteiger partial charge on any atom is 0.229 e. The van der Waals surface area contributed by atoms with Crippen molar-refractivity contribution in [3.8, 4) is 0 Å². The van der Waals surface area contributed by atoms with Crippen LogP contribution in [-0.2, 0) is 16.0 Å². The fourth-order valence-corrected chi connectivity index (χ4v) is 3.42. The van der Waals surface area contributed by atoms with Crippen molar-refractivity contribution in [1.82, 2.24) is 10.2 Å². The molecule has 1 unspecified atom stereocenters. The molecule has 7 nitrogen and oxygen atoms in total. The fraction of sp³-hybridized carbons (Fsp3) is 0.421. The molecule has 4 rings (SSSR count). The van der Waals surface area contributed by atoms with Gasteiger partial charge in [0.25, 0.3) is 0 Å². The van der Waals surface area contributed by atoms with Crippen molar-refractivity contribution < 1.29 is 14.7 Å². The molecule has 1 aromatic carbocycles. The summed E-state index contributed by atoms with van der Waals surface area (Å²) in [5.41, 5.74) is 2.70. The number of aromatic nitrogens is 2. The number of aromatic amines is 1. The number of aliphatic hydroxyl groups is 1. The van der Waals surface area contributed by atoms with E-state index in [1.807, 2.05) is 30.3 Å². The van der Waals surface area contributed by atoms with Gasteiger partial charge in [0.15, 0.2) is 5.82 Å². The van der Waals surface area contributed by atoms with E-state index in [0.29, 0.717) is 24.6 Å². The molecular formula is C19H22N4O3. The first-order valence-corrected chi connectivity index (χ1v) is 9.01. The summed E-state index contributed by atoms with van der Waals surface area (Å²) in [6.07, 6.45) is 3.73. The standard InChI is InChI=1S/C19H22N4O3/c24-11-15-7-8-19(26)23(15)14-5-1-12(2-6-14)9-18(25)20-17-10-16(21-22-17)13-3-4-13/h1-2,5-6,10,13,15,24H,3-4,7-9,11H2,(H2,20,21,22,25). The summed E-state index contributed by atoms with van der Waals surface area (Å²) < 4.78 is 0. The third-order valence-electron chi connectivity index (χ3n) is 5.00. The van der Waals surface area contributed by atoms with Crippen molar-refractivity contribution in [3.05, 3.63) is 41.6 Å². The number of aliphatic hydroxyl groups excluding tert-OH is 1. The fourth-order valence-electron chi connectivity index (χ4n) is 3.42. The Labute approximate surface area is 151 Å². The predicted octanol–water partition coefficient (Wildman–Crippen LogP) is 1.96. The van der Waals surface area contributed by atoms with Gasteiger partial charge in [-0.3, -0.25) is 14.7 Å². The lowest BCUT2D eigenvalue weighted by Gasteiger charge is -2.23. The van der Waals surface area contributed by atoms with Crippen LogP contribution in [0.4, 0.5) is 11.5 Å². The lowest BCUT2D eigenvalue weighted by Crippen LogP contribution is -2.35. The first-order chi connectivity index (χ1) is 12.6. The molecule has 2 heterocycles. The third kappa shape index (κ3) is 3.48. The van der Waals surface area contributed by atoms with Crippen molar-refractivity contribution in [2.24, 2.45) is 0 Å². The van der Waals surface area contributed by atoms with Crippen LogP contribution in [0.5, 0.6) is 0 Å². The van der Waals surface area contributed by atoms with Crippen LogP contribution in [0, 0.1) is 0 Å². The summed E-state index contributed by atoms with van der Waals surface area (Å²) in [5.74, 6) is 1.02. The Kier molecular flexibility index (Phi) is 4.46. The number of carbonyl (C=O) groups is 2. The number of nitrogens with zero attached hydrogens (tertiary/aromatic N) is 2. The summed E-state index contributed by atoms with van der Waals surface area (Å²) in [5, 5.41) is 19.3. The number of hydrogen-bond acceptors (Lipinski definition) is 4. The molecule has 2 aliphatic rings. The van der Waals surface area contributed by atoms with E-state index in [4.69, 9.17) is 0 Å². The minimum absolute atomic E-state index is 0.0274. The van der Waals surface area contributed by atoms with E-state index >= 15 is 0 Å². The largest absolute Gasteiger partial charge is 0.394 e. The molecule has 1 atom stereocenters. The van der Waals surface area contributed by atoms with Crippen LogP contribution in [0.1, 0.15) is 42.9 Å². The number of rotatable bonds is 6. The van der Waals surface area contributed by atoms with Gasteiger partial charge in [0.2, 0.25) is 11.8 Å². The summed E-state index contributed by atoms with van der Waals surface area (Å²) in [4.78, 5) is 25.9. The topological polar surface area (TPSA) is 98.3 Å². The molecule has 1 aliphatic carbocycles. The van der Waals surface area contributed by atoms with E-state index in [1.165, 1.54) is 12.8 Å². The summed E-state index contributed by atoms with van der Waals surface area (Å²) in [7, 11) is 0. The van der Waals surface area contributed by atoms with Gasteiger partial charge < -0.3 is 15.3 Å². The van der Waals surface area contributed by atoms with Gasteiger partial charge in [0, 0.05) is 29.8 Å². The van der Waals surface area contributed by atoms with Crippen molar-refractivity contribution in [2.45, 2.75) is 44.1 Å². The van der Waals surface area contributed by atoms with Crippen molar-refractivity contribution in [2.75, 3.05) is 16.8 Å². The number of H-pyrrole nitrogens is 1. The monoisotopic (exact) mass is 354 g/mol. The number of carbonyl (C=O) groups excluding carboxylic acids is 2. The van der Waals surface area contributed by atoms with Gasteiger partial charge in [-0.1, -0.05) is 12.1 Å². The molecule has 136 valence electrons. The van der Waals surface area contributed by atoms with E-state index in [0.717, 1.165) is 16.9 Å². The number of nitrogens with one attached hydrogen (secondary N) is 2. The van der Waals surface area contributed by atoms with Crippen LogP contribution < -0.4 is 10.2 Å². The summed E-state index contributed by atoms with van der Waals surface area (Å²) >= 11 is 0. The average Bonchev–Trinajstić information content (AvgIpc) is 3.27. The highest BCUT2D eigenvalue weighted by Gasteiger charge is 2.31. The van der Waals surface area contributed by atoms with Gasteiger partial charge in [0.1, 0.15) is 0 Å². The van der Waals surface area contributed by atoms with Gasteiger partial charge >= 0.3 is 0 Å². The Morgan fingerprint density at radius 3 is 2.73 bits per heavy atom. The second kappa shape index (κ2) is 6.92. The Morgan fingerprint density at radius 1 is 1.27 bits per heavy atom. The van der Waals surface area contributed by atoms with Crippen LogP contribution in [0.15, 0.2) is 30.3 Å². The number of hydrogen-bond donors (Lipinski definition) is 3.